The van der Waals surface area contributed by atoms with Gasteiger partial charge in [0.1, 0.15) is 10.6 Å². The van der Waals surface area contributed by atoms with Crippen molar-refractivity contribution in [3.05, 3.63) is 57.4 Å². The first-order chi connectivity index (χ1) is 10.8. The average Bonchev–Trinajstić information content (AvgIpc) is 2.51. The maximum atomic E-state index is 13.8. The molecule has 0 bridgehead atoms. The summed E-state index contributed by atoms with van der Waals surface area (Å²) >= 11 is 5.59. The molecule has 0 aliphatic carbocycles. The van der Waals surface area contributed by atoms with Crippen molar-refractivity contribution in [2.75, 3.05) is 11.8 Å². The van der Waals surface area contributed by atoms with E-state index in [4.69, 9.17) is 16.3 Å². The number of hydrogen-bond acceptors (Lipinski definition) is 5. The van der Waals surface area contributed by atoms with E-state index in [1.165, 1.54) is 18.2 Å². The van der Waals surface area contributed by atoms with Gasteiger partial charge in [-0.1, -0.05) is 17.7 Å². The van der Waals surface area contributed by atoms with Crippen molar-refractivity contribution in [2.24, 2.45) is 0 Å². The van der Waals surface area contributed by atoms with Crippen molar-refractivity contribution in [1.29, 1.82) is 0 Å². The Bertz CT molecular complexity index is 873. The molecule has 1 N–H and O–H groups in total. The Labute approximate surface area is 135 Å². The van der Waals surface area contributed by atoms with Crippen LogP contribution in [0.15, 0.2) is 41.3 Å². The molecule has 0 heterocycles. The zero-order chi connectivity index (χ0) is 17.2. The van der Waals surface area contributed by atoms with Crippen molar-refractivity contribution in [3.63, 3.8) is 0 Å². The Morgan fingerprint density at radius 2 is 2.00 bits per heavy atom. The summed E-state index contributed by atoms with van der Waals surface area (Å²) in [4.78, 5) is 9.66. The molecule has 0 fully saturated rings. The molecule has 122 valence electrons. The van der Waals surface area contributed by atoms with Gasteiger partial charge >= 0.3 is 0 Å². The second-order valence-corrected chi connectivity index (χ2v) is 6.36. The van der Waals surface area contributed by atoms with E-state index in [0.29, 0.717) is 0 Å². The molecule has 0 aliphatic rings. The summed E-state index contributed by atoms with van der Waals surface area (Å²) < 4.78 is 45.4. The molecule has 2 rings (SSSR count). The molecule has 0 unspecified atom stereocenters. The number of rotatable bonds is 5. The average molecular weight is 361 g/mol. The quantitative estimate of drug-likeness (QED) is 0.652. The summed E-state index contributed by atoms with van der Waals surface area (Å²) in [6, 6.07) is 6.80. The summed E-state index contributed by atoms with van der Waals surface area (Å²) in [5.74, 6) is -1.17. The predicted octanol–water partition coefficient (Wildman–Crippen LogP) is 3.20. The summed E-state index contributed by atoms with van der Waals surface area (Å²) in [6.07, 6.45) is 0. The second kappa shape index (κ2) is 6.39. The molecule has 23 heavy (non-hydrogen) atoms. The fourth-order valence-electron chi connectivity index (χ4n) is 1.77. The zero-order valence-electron chi connectivity index (χ0n) is 11.6. The van der Waals surface area contributed by atoms with Crippen LogP contribution in [-0.4, -0.2) is 20.5 Å². The number of nitrogens with one attached hydrogen (secondary N) is 1. The van der Waals surface area contributed by atoms with Crippen LogP contribution in [0.3, 0.4) is 0 Å². The number of non-ortho nitro benzene ring substituents is 1. The minimum absolute atomic E-state index is 0.242. The first-order valence-corrected chi connectivity index (χ1v) is 7.91. The number of nitro benzene ring substituents is 1. The van der Waals surface area contributed by atoms with Gasteiger partial charge in [0, 0.05) is 6.07 Å². The first-order valence-electron chi connectivity index (χ1n) is 6.05. The second-order valence-electron chi connectivity index (χ2n) is 4.30. The number of benzene rings is 2. The summed E-state index contributed by atoms with van der Waals surface area (Å²) in [6.45, 7) is 0. The third-order valence-electron chi connectivity index (χ3n) is 2.84. The molecule has 10 heteroatoms. The molecule has 0 radical (unpaired) electrons. The maximum Gasteiger partial charge on any atom is 0.273 e. The van der Waals surface area contributed by atoms with E-state index >= 15 is 0 Å². The van der Waals surface area contributed by atoms with Crippen LogP contribution in [-0.2, 0) is 10.0 Å². The number of nitro groups is 1. The molecule has 0 aliphatic heterocycles. The molecule has 2 aromatic carbocycles. The number of ether oxygens (including phenoxy) is 1. The number of anilines is 1. The Hall–Kier alpha value is -2.39. The molecule has 0 aromatic heterocycles. The van der Waals surface area contributed by atoms with Gasteiger partial charge in [-0.05, 0) is 18.2 Å². The van der Waals surface area contributed by atoms with Gasteiger partial charge in [0.15, 0.2) is 5.82 Å². The van der Waals surface area contributed by atoms with Crippen molar-refractivity contribution >= 4 is 33.0 Å². The normalized spacial score (nSPS) is 11.1. The molecule has 0 saturated carbocycles. The predicted molar refractivity (Wildman–Crippen MR) is 81.9 cm³/mol. The lowest BCUT2D eigenvalue weighted by atomic mass is 10.3. The summed E-state index contributed by atoms with van der Waals surface area (Å²) in [5, 5.41) is 10.5. The van der Waals surface area contributed by atoms with Crippen molar-refractivity contribution < 1.29 is 22.5 Å². The molecule has 0 spiro atoms. The molecule has 0 saturated heterocycles. The molecule has 0 atom stereocenters. The zero-order valence-corrected chi connectivity index (χ0v) is 13.2. The lowest BCUT2D eigenvalue weighted by Gasteiger charge is -2.12. The van der Waals surface area contributed by atoms with Crippen LogP contribution >= 0.6 is 11.6 Å². The van der Waals surface area contributed by atoms with Crippen molar-refractivity contribution in [2.45, 2.75) is 4.90 Å². The molecule has 2 aromatic rings. The topological polar surface area (TPSA) is 98.5 Å². The van der Waals surface area contributed by atoms with E-state index in [9.17, 15) is 22.9 Å². The minimum Gasteiger partial charge on any atom is -0.495 e. The smallest absolute Gasteiger partial charge is 0.273 e. The Morgan fingerprint density at radius 3 is 2.61 bits per heavy atom. The number of halogens is 2. The molecule has 7 nitrogen and oxygen atoms in total. The van der Waals surface area contributed by atoms with Gasteiger partial charge in [0.05, 0.1) is 28.8 Å². The highest BCUT2D eigenvalue weighted by Crippen LogP contribution is 2.31. The van der Waals surface area contributed by atoms with Gasteiger partial charge in [-0.2, -0.15) is 0 Å². The summed E-state index contributed by atoms with van der Waals surface area (Å²) in [7, 11) is -3.07. The number of sulfonamides is 1. The lowest BCUT2D eigenvalue weighted by molar-refractivity contribution is -0.385. The third kappa shape index (κ3) is 3.51. The Kier molecular flexibility index (Phi) is 4.71. The summed E-state index contributed by atoms with van der Waals surface area (Å²) in [5.41, 5.74) is -0.687. The van der Waals surface area contributed by atoms with E-state index in [-0.39, 0.29) is 27.0 Å². The SMILES string of the molecule is COc1cc([N+](=O)[O-])ccc1S(=O)(=O)Nc1cccc(Cl)c1F. The van der Waals surface area contributed by atoms with Crippen LogP contribution in [0.4, 0.5) is 15.8 Å². The van der Waals surface area contributed by atoms with E-state index < -0.39 is 20.8 Å². The Morgan fingerprint density at radius 1 is 1.30 bits per heavy atom. The highest BCUT2D eigenvalue weighted by Gasteiger charge is 2.23. The Balaban J connectivity index is 2.47. The lowest BCUT2D eigenvalue weighted by Crippen LogP contribution is -2.15. The van der Waals surface area contributed by atoms with Gasteiger partial charge < -0.3 is 4.74 Å². The maximum absolute atomic E-state index is 13.8. The molecule has 0 amide bonds. The van der Waals surface area contributed by atoms with Crippen LogP contribution in [0, 0.1) is 15.9 Å². The van der Waals surface area contributed by atoms with Gasteiger partial charge in [0.25, 0.3) is 15.7 Å². The van der Waals surface area contributed by atoms with E-state index in [0.717, 1.165) is 25.3 Å². The number of methoxy groups -OCH3 is 1. The minimum atomic E-state index is -4.23. The highest BCUT2D eigenvalue weighted by molar-refractivity contribution is 7.92. The van der Waals surface area contributed by atoms with Crippen LogP contribution < -0.4 is 9.46 Å². The highest BCUT2D eigenvalue weighted by atomic mass is 35.5. The van der Waals surface area contributed by atoms with Gasteiger partial charge in [-0.25, -0.2) is 12.8 Å². The van der Waals surface area contributed by atoms with Crippen LogP contribution in [0.25, 0.3) is 0 Å². The van der Waals surface area contributed by atoms with Crippen LogP contribution in [0.5, 0.6) is 5.75 Å². The van der Waals surface area contributed by atoms with E-state index in [1.54, 1.807) is 0 Å². The van der Waals surface area contributed by atoms with Gasteiger partial charge in [0.2, 0.25) is 0 Å². The van der Waals surface area contributed by atoms with Crippen molar-refractivity contribution in [1.82, 2.24) is 0 Å². The third-order valence-corrected chi connectivity index (χ3v) is 4.54. The molecular weight excluding hydrogens is 351 g/mol. The monoisotopic (exact) mass is 360 g/mol. The van der Waals surface area contributed by atoms with Crippen LogP contribution in [0.1, 0.15) is 0 Å². The fraction of sp³-hybridized carbons (Fsp3) is 0.0769. The van der Waals surface area contributed by atoms with Crippen molar-refractivity contribution in [3.8, 4) is 5.75 Å². The first kappa shape index (κ1) is 17.0. The standard InChI is InChI=1S/C13H10ClFN2O5S/c1-22-11-7-8(17(18)19)5-6-12(11)23(20,21)16-10-4-2-3-9(14)13(10)15/h2-7,16H,1H3. The van der Waals surface area contributed by atoms with E-state index in [2.05, 4.69) is 0 Å². The number of nitrogens with zero attached hydrogens (tertiary/aromatic N) is 1. The van der Waals surface area contributed by atoms with E-state index in [1.807, 2.05) is 4.72 Å². The van der Waals surface area contributed by atoms with Crippen LogP contribution in [0.2, 0.25) is 5.02 Å². The largest absolute Gasteiger partial charge is 0.495 e. The fourth-order valence-corrected chi connectivity index (χ4v) is 3.16. The van der Waals surface area contributed by atoms with Gasteiger partial charge in [-0.15, -0.1) is 0 Å². The number of hydrogen-bond donors (Lipinski definition) is 1. The molecular formula is C13H10ClFN2O5S. The van der Waals surface area contributed by atoms with Gasteiger partial charge in [-0.3, -0.25) is 14.8 Å².